The molecule has 76 valence electrons. The first-order valence-electron chi connectivity index (χ1n) is 4.97. The molecular weight excluding hydrogens is 182 g/mol. The highest BCUT2D eigenvalue weighted by Crippen LogP contribution is 2.02. The fourth-order valence-electron chi connectivity index (χ4n) is 1.65. The molecule has 3 nitrogen and oxygen atoms in total. The van der Waals surface area contributed by atoms with Crippen molar-refractivity contribution in [3.05, 3.63) is 0 Å². The van der Waals surface area contributed by atoms with Crippen LogP contribution in [0.1, 0.15) is 13.3 Å². The Labute approximate surface area is 86.1 Å². The first kappa shape index (κ1) is 10.7. The number of rotatable bonds is 2. The molecule has 0 radical (unpaired) electrons. The summed E-state index contributed by atoms with van der Waals surface area (Å²) in [5.41, 5.74) is 0. The second-order valence-corrected chi connectivity index (χ2v) is 3.77. The minimum atomic E-state index is 0.885. The number of hydrogen-bond donors (Lipinski definition) is 1. The molecule has 1 fully saturated rings. The van der Waals surface area contributed by atoms with Crippen molar-refractivity contribution < 1.29 is 0 Å². The normalized spacial score (nSPS) is 18.8. The van der Waals surface area contributed by atoms with Crippen LogP contribution in [0.15, 0.2) is 0 Å². The van der Waals surface area contributed by atoms with Crippen LogP contribution in [0.2, 0.25) is 0 Å². The van der Waals surface area contributed by atoms with E-state index in [0.717, 1.165) is 31.3 Å². The Kier molecular flexibility index (Phi) is 4.45. The zero-order valence-electron chi connectivity index (χ0n) is 8.55. The maximum absolute atomic E-state index is 5.17. The third-order valence-corrected chi connectivity index (χ3v) is 2.88. The zero-order chi connectivity index (χ0) is 9.68. The molecule has 0 aromatic carbocycles. The third-order valence-electron chi connectivity index (χ3n) is 2.41. The summed E-state index contributed by atoms with van der Waals surface area (Å²) in [6.07, 6.45) is 1.25. The molecule has 1 saturated heterocycles. The van der Waals surface area contributed by atoms with E-state index in [4.69, 9.17) is 12.2 Å². The Balaban J connectivity index is 2.26. The summed E-state index contributed by atoms with van der Waals surface area (Å²) in [6.45, 7) is 7.88. The number of nitrogens with zero attached hydrogens (tertiary/aromatic N) is 2. The van der Waals surface area contributed by atoms with E-state index in [-0.39, 0.29) is 0 Å². The van der Waals surface area contributed by atoms with Gasteiger partial charge in [-0.15, -0.1) is 0 Å². The van der Waals surface area contributed by atoms with Gasteiger partial charge < -0.3 is 10.2 Å². The molecule has 0 atom stereocenters. The lowest BCUT2D eigenvalue weighted by Gasteiger charge is -2.35. The van der Waals surface area contributed by atoms with Crippen LogP contribution in [0.3, 0.4) is 0 Å². The lowest BCUT2D eigenvalue weighted by molar-refractivity contribution is 0.182. The lowest BCUT2D eigenvalue weighted by Crippen LogP contribution is -2.51. The van der Waals surface area contributed by atoms with Crippen LogP contribution < -0.4 is 5.32 Å². The van der Waals surface area contributed by atoms with Gasteiger partial charge in [0.05, 0.1) is 0 Å². The summed E-state index contributed by atoms with van der Waals surface area (Å²) in [7, 11) is 1.89. The van der Waals surface area contributed by atoms with E-state index in [2.05, 4.69) is 22.0 Å². The Bertz CT molecular complexity index is 164. The van der Waals surface area contributed by atoms with E-state index in [1.54, 1.807) is 0 Å². The summed E-state index contributed by atoms with van der Waals surface area (Å²) in [4.78, 5) is 4.73. The largest absolute Gasteiger partial charge is 0.366 e. The molecule has 1 aliphatic rings. The molecule has 0 unspecified atom stereocenters. The summed E-state index contributed by atoms with van der Waals surface area (Å²) in [5.74, 6) is 0. The van der Waals surface area contributed by atoms with Crippen LogP contribution in [0, 0.1) is 0 Å². The summed E-state index contributed by atoms with van der Waals surface area (Å²) < 4.78 is 0. The molecule has 0 saturated carbocycles. The number of thiocarbonyl (C=S) groups is 1. The van der Waals surface area contributed by atoms with Crippen molar-refractivity contribution >= 4 is 17.3 Å². The van der Waals surface area contributed by atoms with Gasteiger partial charge in [0.2, 0.25) is 0 Å². The van der Waals surface area contributed by atoms with Gasteiger partial charge in [0.25, 0.3) is 0 Å². The SMILES string of the molecule is CCCN1CCN(C(=S)NC)CC1. The molecule has 1 heterocycles. The van der Waals surface area contributed by atoms with Gasteiger partial charge in [-0.1, -0.05) is 6.92 Å². The summed E-state index contributed by atoms with van der Waals surface area (Å²) in [6, 6.07) is 0. The summed E-state index contributed by atoms with van der Waals surface area (Å²) in [5, 5.41) is 3.91. The maximum Gasteiger partial charge on any atom is 0.168 e. The predicted octanol–water partition coefficient (Wildman–Crippen LogP) is 0.518. The molecule has 0 amide bonds. The quantitative estimate of drug-likeness (QED) is 0.656. The fraction of sp³-hybridized carbons (Fsp3) is 0.889. The van der Waals surface area contributed by atoms with Gasteiger partial charge in [-0.25, -0.2) is 0 Å². The fourth-order valence-corrected chi connectivity index (χ4v) is 1.83. The molecule has 1 N–H and O–H groups in total. The standard InChI is InChI=1S/C9H19N3S/c1-3-4-11-5-7-12(8-6-11)9(13)10-2/h3-8H2,1-2H3,(H,10,13). The van der Waals surface area contributed by atoms with E-state index in [1.165, 1.54) is 13.0 Å². The number of hydrogen-bond acceptors (Lipinski definition) is 2. The average Bonchev–Trinajstić information content (AvgIpc) is 2.18. The first-order chi connectivity index (χ1) is 6.27. The topological polar surface area (TPSA) is 18.5 Å². The average molecular weight is 201 g/mol. The molecule has 0 aromatic heterocycles. The van der Waals surface area contributed by atoms with Gasteiger partial charge in [0.15, 0.2) is 5.11 Å². The van der Waals surface area contributed by atoms with Crippen molar-refractivity contribution in [2.24, 2.45) is 0 Å². The van der Waals surface area contributed by atoms with Crippen molar-refractivity contribution in [2.45, 2.75) is 13.3 Å². The second kappa shape index (κ2) is 5.40. The van der Waals surface area contributed by atoms with E-state index < -0.39 is 0 Å². The molecule has 0 bridgehead atoms. The van der Waals surface area contributed by atoms with Crippen LogP contribution in [-0.2, 0) is 0 Å². The van der Waals surface area contributed by atoms with Crippen LogP contribution >= 0.6 is 12.2 Å². The Morgan fingerprint density at radius 2 is 1.92 bits per heavy atom. The Hall–Kier alpha value is -0.350. The van der Waals surface area contributed by atoms with Crippen molar-refractivity contribution in [1.29, 1.82) is 0 Å². The van der Waals surface area contributed by atoms with Gasteiger partial charge in [-0.05, 0) is 25.2 Å². The predicted molar refractivity (Wildman–Crippen MR) is 60.0 cm³/mol. The van der Waals surface area contributed by atoms with Gasteiger partial charge in [-0.3, -0.25) is 4.90 Å². The van der Waals surface area contributed by atoms with E-state index >= 15 is 0 Å². The minimum absolute atomic E-state index is 0.885. The molecular formula is C9H19N3S. The number of nitrogens with one attached hydrogen (secondary N) is 1. The van der Waals surface area contributed by atoms with Crippen molar-refractivity contribution in [3.63, 3.8) is 0 Å². The molecule has 0 aromatic rings. The molecule has 0 spiro atoms. The van der Waals surface area contributed by atoms with Crippen LogP contribution in [0.4, 0.5) is 0 Å². The third kappa shape index (κ3) is 3.12. The lowest BCUT2D eigenvalue weighted by atomic mass is 10.3. The monoisotopic (exact) mass is 201 g/mol. The minimum Gasteiger partial charge on any atom is -0.366 e. The molecule has 13 heavy (non-hydrogen) atoms. The van der Waals surface area contributed by atoms with Gasteiger partial charge in [-0.2, -0.15) is 0 Å². The van der Waals surface area contributed by atoms with E-state index in [0.29, 0.717) is 0 Å². The van der Waals surface area contributed by atoms with Crippen molar-refractivity contribution in [2.75, 3.05) is 39.8 Å². The van der Waals surface area contributed by atoms with E-state index in [9.17, 15) is 0 Å². The second-order valence-electron chi connectivity index (χ2n) is 3.38. The first-order valence-corrected chi connectivity index (χ1v) is 5.37. The number of piperazine rings is 1. The Morgan fingerprint density at radius 1 is 1.31 bits per heavy atom. The summed E-state index contributed by atoms with van der Waals surface area (Å²) >= 11 is 5.17. The van der Waals surface area contributed by atoms with Gasteiger partial charge in [0.1, 0.15) is 0 Å². The smallest absolute Gasteiger partial charge is 0.168 e. The van der Waals surface area contributed by atoms with Crippen molar-refractivity contribution in [3.8, 4) is 0 Å². The van der Waals surface area contributed by atoms with E-state index in [1.807, 2.05) is 7.05 Å². The molecule has 1 aliphatic heterocycles. The zero-order valence-corrected chi connectivity index (χ0v) is 9.36. The molecule has 0 aliphatic carbocycles. The van der Waals surface area contributed by atoms with Crippen molar-refractivity contribution in [1.82, 2.24) is 15.1 Å². The maximum atomic E-state index is 5.17. The van der Waals surface area contributed by atoms with Gasteiger partial charge in [0, 0.05) is 33.2 Å². The van der Waals surface area contributed by atoms with Crippen LogP contribution in [-0.4, -0.2) is 54.7 Å². The van der Waals surface area contributed by atoms with Crippen LogP contribution in [0.25, 0.3) is 0 Å². The Morgan fingerprint density at radius 3 is 2.38 bits per heavy atom. The van der Waals surface area contributed by atoms with Gasteiger partial charge >= 0.3 is 0 Å². The highest BCUT2D eigenvalue weighted by Gasteiger charge is 2.16. The highest BCUT2D eigenvalue weighted by molar-refractivity contribution is 7.80. The van der Waals surface area contributed by atoms with Crippen LogP contribution in [0.5, 0.6) is 0 Å². The molecule has 4 heteroatoms. The highest BCUT2D eigenvalue weighted by atomic mass is 32.1. The molecule has 1 rings (SSSR count).